The predicted molar refractivity (Wildman–Crippen MR) is 99.0 cm³/mol. The summed E-state index contributed by atoms with van der Waals surface area (Å²) in [5.41, 5.74) is 3.12. The lowest BCUT2D eigenvalue weighted by Gasteiger charge is -2.36. The van der Waals surface area contributed by atoms with Gasteiger partial charge in [0.15, 0.2) is 0 Å². The van der Waals surface area contributed by atoms with Gasteiger partial charge in [-0.3, -0.25) is 14.9 Å². The number of rotatable bonds is 3. The molecule has 6 heteroatoms. The molecule has 1 aliphatic rings. The fourth-order valence-electron chi connectivity index (χ4n) is 3.02. The van der Waals surface area contributed by atoms with Gasteiger partial charge in [-0.25, -0.2) is 0 Å². The minimum absolute atomic E-state index is 0.942. The van der Waals surface area contributed by atoms with Crippen molar-refractivity contribution >= 4 is 44.0 Å². The van der Waals surface area contributed by atoms with Crippen LogP contribution in [0, 0.1) is 0 Å². The standard InChI is InChI=1S/C17H17BrN4S/c18-13-10-15-17(20-11-13)16(3-4-19-15)22-7-5-21(6-8-22)12-14-2-1-9-23-14/h1-4,9-11H,5-8,12H2. The van der Waals surface area contributed by atoms with Gasteiger partial charge in [0.2, 0.25) is 0 Å². The zero-order valence-electron chi connectivity index (χ0n) is 12.7. The molecule has 3 aromatic rings. The summed E-state index contributed by atoms with van der Waals surface area (Å²) in [6.45, 7) is 5.29. The van der Waals surface area contributed by atoms with E-state index in [1.54, 1.807) is 0 Å². The monoisotopic (exact) mass is 388 g/mol. The highest BCUT2D eigenvalue weighted by molar-refractivity contribution is 9.10. The van der Waals surface area contributed by atoms with Crippen molar-refractivity contribution in [3.63, 3.8) is 0 Å². The minimum atomic E-state index is 0.942. The van der Waals surface area contributed by atoms with Crippen LogP contribution in [0.5, 0.6) is 0 Å². The van der Waals surface area contributed by atoms with E-state index in [0.29, 0.717) is 0 Å². The summed E-state index contributed by atoms with van der Waals surface area (Å²) in [5, 5.41) is 2.15. The molecular weight excluding hydrogens is 372 g/mol. The number of pyridine rings is 2. The Kier molecular flexibility index (Phi) is 4.29. The molecule has 4 rings (SSSR count). The molecule has 0 spiro atoms. The summed E-state index contributed by atoms with van der Waals surface area (Å²) >= 11 is 5.31. The van der Waals surface area contributed by atoms with Crippen LogP contribution in [-0.4, -0.2) is 41.0 Å². The fourth-order valence-corrected chi connectivity index (χ4v) is 4.08. The lowest BCUT2D eigenvalue weighted by atomic mass is 10.2. The topological polar surface area (TPSA) is 32.3 Å². The largest absolute Gasteiger partial charge is 0.367 e. The Bertz CT molecular complexity index is 797. The number of hydrogen-bond donors (Lipinski definition) is 0. The van der Waals surface area contributed by atoms with E-state index in [0.717, 1.165) is 48.2 Å². The van der Waals surface area contributed by atoms with E-state index in [1.807, 2.05) is 29.8 Å². The van der Waals surface area contributed by atoms with Crippen molar-refractivity contribution in [2.24, 2.45) is 0 Å². The SMILES string of the molecule is Brc1cnc2c(N3CCN(Cc4cccs4)CC3)ccnc2c1. The minimum Gasteiger partial charge on any atom is -0.367 e. The summed E-state index contributed by atoms with van der Waals surface area (Å²) in [6, 6.07) is 8.45. The van der Waals surface area contributed by atoms with Gasteiger partial charge in [-0.15, -0.1) is 11.3 Å². The number of fused-ring (bicyclic) bond motifs is 1. The van der Waals surface area contributed by atoms with Gasteiger partial charge in [-0.1, -0.05) is 6.07 Å². The lowest BCUT2D eigenvalue weighted by molar-refractivity contribution is 0.252. The van der Waals surface area contributed by atoms with Crippen LogP contribution in [0.25, 0.3) is 11.0 Å². The Morgan fingerprint density at radius 1 is 1.13 bits per heavy atom. The molecule has 23 heavy (non-hydrogen) atoms. The Labute approximate surface area is 147 Å². The third-order valence-electron chi connectivity index (χ3n) is 4.20. The van der Waals surface area contributed by atoms with E-state index in [2.05, 4.69) is 59.3 Å². The highest BCUT2D eigenvalue weighted by Crippen LogP contribution is 2.26. The summed E-state index contributed by atoms with van der Waals surface area (Å²) in [7, 11) is 0. The van der Waals surface area contributed by atoms with Gasteiger partial charge < -0.3 is 4.90 Å². The summed E-state index contributed by atoms with van der Waals surface area (Å²) < 4.78 is 0.968. The second kappa shape index (κ2) is 6.55. The average Bonchev–Trinajstić information content (AvgIpc) is 3.08. The number of aromatic nitrogens is 2. The van der Waals surface area contributed by atoms with Crippen LogP contribution in [0.4, 0.5) is 5.69 Å². The first kappa shape index (κ1) is 15.1. The smallest absolute Gasteiger partial charge is 0.112 e. The second-order valence-electron chi connectivity index (χ2n) is 5.69. The second-order valence-corrected chi connectivity index (χ2v) is 7.64. The molecule has 0 radical (unpaired) electrons. The maximum absolute atomic E-state index is 4.57. The Balaban J connectivity index is 1.50. The number of anilines is 1. The van der Waals surface area contributed by atoms with Crippen molar-refractivity contribution < 1.29 is 0 Å². The van der Waals surface area contributed by atoms with Gasteiger partial charge in [0.05, 0.1) is 11.2 Å². The third-order valence-corrected chi connectivity index (χ3v) is 5.49. The Hall–Kier alpha value is -1.50. The number of halogens is 1. The van der Waals surface area contributed by atoms with E-state index in [1.165, 1.54) is 10.6 Å². The first-order chi connectivity index (χ1) is 11.3. The molecule has 1 aliphatic heterocycles. The molecule has 0 saturated carbocycles. The summed E-state index contributed by atoms with van der Waals surface area (Å²) in [5.74, 6) is 0. The first-order valence-electron chi connectivity index (χ1n) is 7.69. The molecule has 0 atom stereocenters. The van der Waals surface area contributed by atoms with Gasteiger partial charge in [0.1, 0.15) is 5.52 Å². The van der Waals surface area contributed by atoms with Gasteiger partial charge in [0.25, 0.3) is 0 Å². The van der Waals surface area contributed by atoms with Crippen molar-refractivity contribution in [3.8, 4) is 0 Å². The van der Waals surface area contributed by atoms with E-state index < -0.39 is 0 Å². The highest BCUT2D eigenvalue weighted by Gasteiger charge is 2.19. The molecule has 4 nitrogen and oxygen atoms in total. The molecular formula is C17H17BrN4S. The first-order valence-corrected chi connectivity index (χ1v) is 9.37. The summed E-state index contributed by atoms with van der Waals surface area (Å²) in [6.07, 6.45) is 3.73. The number of nitrogens with zero attached hydrogens (tertiary/aromatic N) is 4. The molecule has 1 fully saturated rings. The zero-order chi connectivity index (χ0) is 15.6. The van der Waals surface area contributed by atoms with Crippen molar-refractivity contribution in [3.05, 3.63) is 51.4 Å². The van der Waals surface area contributed by atoms with Gasteiger partial charge >= 0.3 is 0 Å². The van der Waals surface area contributed by atoms with Crippen LogP contribution in [0.3, 0.4) is 0 Å². The lowest BCUT2D eigenvalue weighted by Crippen LogP contribution is -2.46. The van der Waals surface area contributed by atoms with Crippen molar-refractivity contribution in [1.29, 1.82) is 0 Å². The van der Waals surface area contributed by atoms with Crippen LogP contribution in [0.1, 0.15) is 4.88 Å². The van der Waals surface area contributed by atoms with Crippen molar-refractivity contribution in [2.45, 2.75) is 6.54 Å². The van der Waals surface area contributed by atoms with Gasteiger partial charge in [-0.2, -0.15) is 0 Å². The molecule has 0 unspecified atom stereocenters. The van der Waals surface area contributed by atoms with Crippen LogP contribution < -0.4 is 4.90 Å². The molecule has 0 aromatic carbocycles. The number of hydrogen-bond acceptors (Lipinski definition) is 5. The zero-order valence-corrected chi connectivity index (χ0v) is 15.1. The quantitative estimate of drug-likeness (QED) is 0.683. The fraction of sp³-hybridized carbons (Fsp3) is 0.294. The number of piperazine rings is 1. The van der Waals surface area contributed by atoms with Crippen LogP contribution >= 0.6 is 27.3 Å². The van der Waals surface area contributed by atoms with Crippen molar-refractivity contribution in [2.75, 3.05) is 31.1 Å². The molecule has 0 bridgehead atoms. The van der Waals surface area contributed by atoms with Crippen LogP contribution in [0.15, 0.2) is 46.5 Å². The molecule has 1 saturated heterocycles. The van der Waals surface area contributed by atoms with Gasteiger partial charge in [0, 0.05) is 54.5 Å². The van der Waals surface area contributed by atoms with E-state index in [4.69, 9.17) is 0 Å². The van der Waals surface area contributed by atoms with Crippen LogP contribution in [-0.2, 0) is 6.54 Å². The predicted octanol–water partition coefficient (Wildman–Crippen LogP) is 3.78. The number of thiophene rings is 1. The van der Waals surface area contributed by atoms with Gasteiger partial charge in [-0.05, 0) is 39.5 Å². The molecule has 0 N–H and O–H groups in total. The van der Waals surface area contributed by atoms with E-state index >= 15 is 0 Å². The van der Waals surface area contributed by atoms with Crippen molar-refractivity contribution in [1.82, 2.24) is 14.9 Å². The molecule has 3 aromatic heterocycles. The molecule has 0 amide bonds. The molecule has 118 valence electrons. The molecule has 4 heterocycles. The maximum Gasteiger partial charge on any atom is 0.112 e. The normalized spacial score (nSPS) is 16.1. The maximum atomic E-state index is 4.57. The van der Waals surface area contributed by atoms with E-state index in [9.17, 15) is 0 Å². The Morgan fingerprint density at radius 2 is 2.00 bits per heavy atom. The highest BCUT2D eigenvalue weighted by atomic mass is 79.9. The average molecular weight is 389 g/mol. The summed E-state index contributed by atoms with van der Waals surface area (Å²) in [4.78, 5) is 15.4. The third kappa shape index (κ3) is 3.24. The van der Waals surface area contributed by atoms with Crippen LogP contribution in [0.2, 0.25) is 0 Å². The Morgan fingerprint density at radius 3 is 2.78 bits per heavy atom. The molecule has 0 aliphatic carbocycles. The van der Waals surface area contributed by atoms with E-state index in [-0.39, 0.29) is 0 Å².